The SMILES string of the molecule is NCCNc1ccc(C(=O)NC(=S)C(N)C(N)=O)cc1. The first-order valence-corrected chi connectivity index (χ1v) is 6.30. The number of nitrogens with two attached hydrogens (primary N) is 3. The van der Waals surface area contributed by atoms with Crippen LogP contribution in [0.25, 0.3) is 0 Å². The fraction of sp³-hybridized carbons (Fsp3) is 0.250. The first kappa shape index (κ1) is 16.0. The van der Waals surface area contributed by atoms with Gasteiger partial charge in [-0.1, -0.05) is 12.2 Å². The molecule has 0 saturated carbocycles. The van der Waals surface area contributed by atoms with E-state index in [0.717, 1.165) is 5.69 Å². The van der Waals surface area contributed by atoms with E-state index in [4.69, 9.17) is 29.4 Å². The van der Waals surface area contributed by atoms with Gasteiger partial charge in [0.15, 0.2) is 0 Å². The van der Waals surface area contributed by atoms with E-state index in [1.165, 1.54) is 0 Å². The van der Waals surface area contributed by atoms with Crippen molar-refractivity contribution in [2.75, 3.05) is 18.4 Å². The Bertz CT molecular complexity index is 503. The van der Waals surface area contributed by atoms with Gasteiger partial charge in [-0.15, -0.1) is 0 Å². The minimum atomic E-state index is -1.18. The maximum atomic E-state index is 11.9. The molecule has 0 aliphatic carbocycles. The normalized spacial score (nSPS) is 11.5. The Kier molecular flexibility index (Phi) is 6.04. The lowest BCUT2D eigenvalue weighted by molar-refractivity contribution is -0.117. The van der Waals surface area contributed by atoms with Crippen LogP contribution >= 0.6 is 12.2 Å². The van der Waals surface area contributed by atoms with E-state index in [2.05, 4.69) is 10.6 Å². The van der Waals surface area contributed by atoms with Crippen LogP contribution in [-0.4, -0.2) is 35.9 Å². The highest BCUT2D eigenvalue weighted by molar-refractivity contribution is 7.80. The van der Waals surface area contributed by atoms with Crippen LogP contribution in [0.2, 0.25) is 0 Å². The largest absolute Gasteiger partial charge is 0.384 e. The number of amides is 2. The number of hydrogen-bond acceptors (Lipinski definition) is 6. The van der Waals surface area contributed by atoms with Gasteiger partial charge in [0.1, 0.15) is 11.0 Å². The molecule has 1 aromatic carbocycles. The van der Waals surface area contributed by atoms with Gasteiger partial charge in [-0.3, -0.25) is 9.59 Å². The van der Waals surface area contributed by atoms with Crippen LogP contribution in [0.5, 0.6) is 0 Å². The molecule has 2 amide bonds. The van der Waals surface area contributed by atoms with Crippen molar-refractivity contribution in [3.05, 3.63) is 29.8 Å². The molecule has 0 radical (unpaired) electrons. The predicted molar refractivity (Wildman–Crippen MR) is 81.2 cm³/mol. The lowest BCUT2D eigenvalue weighted by atomic mass is 10.2. The molecule has 8 N–H and O–H groups in total. The van der Waals surface area contributed by atoms with E-state index in [9.17, 15) is 9.59 Å². The van der Waals surface area contributed by atoms with Crippen LogP contribution in [0.3, 0.4) is 0 Å². The summed E-state index contributed by atoms with van der Waals surface area (Å²) in [4.78, 5) is 22.6. The van der Waals surface area contributed by atoms with Crippen molar-refractivity contribution in [1.82, 2.24) is 5.32 Å². The van der Waals surface area contributed by atoms with Crippen LogP contribution in [0, 0.1) is 0 Å². The zero-order valence-corrected chi connectivity index (χ0v) is 11.6. The van der Waals surface area contributed by atoms with Gasteiger partial charge in [0.05, 0.1) is 0 Å². The van der Waals surface area contributed by atoms with Gasteiger partial charge in [-0.2, -0.15) is 0 Å². The molecular weight excluding hydrogens is 278 g/mol. The van der Waals surface area contributed by atoms with Crippen LogP contribution in [-0.2, 0) is 4.79 Å². The first-order valence-electron chi connectivity index (χ1n) is 5.89. The monoisotopic (exact) mass is 295 g/mol. The number of rotatable bonds is 6. The molecule has 0 spiro atoms. The van der Waals surface area contributed by atoms with Crippen molar-refractivity contribution >= 4 is 34.7 Å². The summed E-state index contributed by atoms with van der Waals surface area (Å²) in [6.45, 7) is 1.16. The van der Waals surface area contributed by atoms with Gasteiger partial charge in [-0.25, -0.2) is 0 Å². The second-order valence-corrected chi connectivity index (χ2v) is 4.43. The van der Waals surface area contributed by atoms with E-state index >= 15 is 0 Å². The second-order valence-electron chi connectivity index (χ2n) is 3.99. The third-order valence-electron chi connectivity index (χ3n) is 2.45. The molecule has 0 aromatic heterocycles. The lowest BCUT2D eigenvalue weighted by Gasteiger charge is -2.11. The predicted octanol–water partition coefficient (Wildman–Crippen LogP) is -1.07. The molecule has 0 heterocycles. The molecule has 8 heteroatoms. The Hall–Kier alpha value is -2.03. The van der Waals surface area contributed by atoms with Gasteiger partial charge in [0.25, 0.3) is 5.91 Å². The fourth-order valence-electron chi connectivity index (χ4n) is 1.35. The molecule has 108 valence electrons. The summed E-state index contributed by atoms with van der Waals surface area (Å²) >= 11 is 4.83. The van der Waals surface area contributed by atoms with Crippen LogP contribution < -0.4 is 27.8 Å². The van der Waals surface area contributed by atoms with E-state index in [0.29, 0.717) is 18.7 Å². The van der Waals surface area contributed by atoms with Crippen LogP contribution in [0.1, 0.15) is 10.4 Å². The zero-order valence-electron chi connectivity index (χ0n) is 10.8. The Balaban J connectivity index is 2.64. The molecular formula is C12H17N5O2S. The first-order chi connectivity index (χ1) is 9.45. The fourth-order valence-corrected chi connectivity index (χ4v) is 1.56. The maximum absolute atomic E-state index is 11.9. The molecule has 1 aromatic rings. The van der Waals surface area contributed by atoms with E-state index < -0.39 is 17.9 Å². The standard InChI is InChI=1S/C12H17N5O2S/c13-5-6-16-8-3-1-7(2-4-8)11(19)17-12(20)9(14)10(15)18/h1-4,9,16H,5-6,13-14H2,(H2,15,18)(H,17,19,20). The molecule has 0 fully saturated rings. The Labute approximate surface area is 121 Å². The highest BCUT2D eigenvalue weighted by Gasteiger charge is 2.18. The van der Waals surface area contributed by atoms with Crippen LogP contribution in [0.4, 0.5) is 5.69 Å². The highest BCUT2D eigenvalue weighted by atomic mass is 32.1. The Morgan fingerprint density at radius 1 is 1.25 bits per heavy atom. The topological polar surface area (TPSA) is 136 Å². The minimum absolute atomic E-state index is 0.104. The quantitative estimate of drug-likeness (QED) is 0.424. The van der Waals surface area contributed by atoms with E-state index in [1.54, 1.807) is 24.3 Å². The van der Waals surface area contributed by atoms with Crippen molar-refractivity contribution in [2.24, 2.45) is 17.2 Å². The molecule has 1 rings (SSSR count). The van der Waals surface area contributed by atoms with Crippen LogP contribution in [0.15, 0.2) is 24.3 Å². The molecule has 0 aliphatic heterocycles. The molecule has 0 aliphatic rings. The van der Waals surface area contributed by atoms with Gasteiger partial charge in [-0.05, 0) is 24.3 Å². The maximum Gasteiger partial charge on any atom is 0.256 e. The molecule has 0 bridgehead atoms. The van der Waals surface area contributed by atoms with Crippen molar-refractivity contribution in [1.29, 1.82) is 0 Å². The molecule has 7 nitrogen and oxygen atoms in total. The number of thiocarbonyl (C=S) groups is 1. The summed E-state index contributed by atoms with van der Waals surface area (Å²) in [6.07, 6.45) is 0. The van der Waals surface area contributed by atoms with Gasteiger partial charge in [0, 0.05) is 24.3 Å². The number of primary amides is 1. The average molecular weight is 295 g/mol. The van der Waals surface area contributed by atoms with Crippen molar-refractivity contribution < 1.29 is 9.59 Å². The zero-order chi connectivity index (χ0) is 15.1. The third-order valence-corrected chi connectivity index (χ3v) is 2.80. The number of hydrogen-bond donors (Lipinski definition) is 5. The van der Waals surface area contributed by atoms with Crippen molar-refractivity contribution in [2.45, 2.75) is 6.04 Å². The summed E-state index contributed by atoms with van der Waals surface area (Å²) in [7, 11) is 0. The third kappa shape index (κ3) is 4.57. The Morgan fingerprint density at radius 2 is 1.85 bits per heavy atom. The molecule has 20 heavy (non-hydrogen) atoms. The lowest BCUT2D eigenvalue weighted by Crippen LogP contribution is -2.49. The Morgan fingerprint density at radius 3 is 2.35 bits per heavy atom. The van der Waals surface area contributed by atoms with Gasteiger partial charge < -0.3 is 27.8 Å². The van der Waals surface area contributed by atoms with Gasteiger partial charge >= 0.3 is 0 Å². The molecule has 1 unspecified atom stereocenters. The molecule has 1 atom stereocenters. The summed E-state index contributed by atoms with van der Waals surface area (Å²) in [6, 6.07) is 5.53. The number of anilines is 1. The minimum Gasteiger partial charge on any atom is -0.384 e. The van der Waals surface area contributed by atoms with E-state index in [-0.39, 0.29) is 4.99 Å². The second kappa shape index (κ2) is 7.53. The number of nitrogens with one attached hydrogen (secondary N) is 2. The summed E-state index contributed by atoms with van der Waals surface area (Å²) in [5.74, 6) is -1.24. The molecule has 0 saturated heterocycles. The number of carbonyl (C=O) groups is 2. The average Bonchev–Trinajstić information content (AvgIpc) is 2.44. The summed E-state index contributed by atoms with van der Waals surface area (Å²) in [5, 5.41) is 5.44. The van der Waals surface area contributed by atoms with Crippen molar-refractivity contribution in [3.8, 4) is 0 Å². The van der Waals surface area contributed by atoms with Gasteiger partial charge in [0.2, 0.25) is 5.91 Å². The number of benzene rings is 1. The number of carbonyl (C=O) groups excluding carboxylic acids is 2. The van der Waals surface area contributed by atoms with Crippen molar-refractivity contribution in [3.63, 3.8) is 0 Å². The smallest absolute Gasteiger partial charge is 0.256 e. The summed E-state index contributed by atoms with van der Waals surface area (Å²) < 4.78 is 0. The highest BCUT2D eigenvalue weighted by Crippen LogP contribution is 2.09. The summed E-state index contributed by atoms with van der Waals surface area (Å²) in [5.41, 5.74) is 17.0. The van der Waals surface area contributed by atoms with E-state index in [1.807, 2.05) is 0 Å².